The number of ether oxygens (including phenoxy) is 1. The number of thioether (sulfide) groups is 1. The number of nitrogens with zero attached hydrogens (tertiary/aromatic N) is 3. The summed E-state index contributed by atoms with van der Waals surface area (Å²) in [5.41, 5.74) is 7.02. The lowest BCUT2D eigenvalue weighted by molar-refractivity contribution is -0.113. The van der Waals surface area contributed by atoms with E-state index in [1.807, 2.05) is 4.57 Å². The van der Waals surface area contributed by atoms with Crippen LogP contribution >= 0.6 is 34.4 Å². The molecule has 3 heterocycles. The Balaban J connectivity index is 1.78. The summed E-state index contributed by atoms with van der Waals surface area (Å²) in [4.78, 5) is 38.8. The molecular weight excluding hydrogens is 518 g/mol. The van der Waals surface area contributed by atoms with Gasteiger partial charge < -0.3 is 20.4 Å². The number of esters is 1. The maximum atomic E-state index is 12.8. The van der Waals surface area contributed by atoms with Gasteiger partial charge in [-0.1, -0.05) is 32.5 Å². The number of primary amides is 1. The van der Waals surface area contributed by atoms with Crippen LogP contribution in [0.5, 0.6) is 0 Å². The SMILES string of the molecule is CCCn1c(SCC(=O)Nc2sc(C(N)=O)c(C)c2C(=O)OC(C)C)nnc1-c1csc(C(C)C)c1. The summed E-state index contributed by atoms with van der Waals surface area (Å²) < 4.78 is 7.33. The fourth-order valence-corrected chi connectivity index (χ4v) is 6.19. The molecule has 12 heteroatoms. The summed E-state index contributed by atoms with van der Waals surface area (Å²) in [5, 5.41) is 14.4. The van der Waals surface area contributed by atoms with Gasteiger partial charge in [-0.05, 0) is 44.7 Å². The van der Waals surface area contributed by atoms with Crippen LogP contribution in [-0.4, -0.2) is 44.4 Å². The predicted octanol–water partition coefficient (Wildman–Crippen LogP) is 5.30. The van der Waals surface area contributed by atoms with Crippen LogP contribution in [0, 0.1) is 6.92 Å². The Morgan fingerprint density at radius 3 is 2.53 bits per heavy atom. The van der Waals surface area contributed by atoms with Crippen LogP contribution in [0.4, 0.5) is 5.00 Å². The molecule has 9 nitrogen and oxygen atoms in total. The number of hydrogen-bond donors (Lipinski definition) is 2. The molecule has 3 N–H and O–H groups in total. The first-order valence-corrected chi connectivity index (χ1v) is 14.3. The zero-order valence-electron chi connectivity index (χ0n) is 21.2. The van der Waals surface area contributed by atoms with E-state index in [0.717, 1.165) is 35.7 Å². The van der Waals surface area contributed by atoms with Crippen molar-refractivity contribution in [1.82, 2.24) is 14.8 Å². The molecule has 0 aliphatic heterocycles. The lowest BCUT2D eigenvalue weighted by Gasteiger charge is -2.11. The highest BCUT2D eigenvalue weighted by Gasteiger charge is 2.26. The van der Waals surface area contributed by atoms with Gasteiger partial charge in [0.1, 0.15) is 5.00 Å². The fourth-order valence-electron chi connectivity index (χ4n) is 3.46. The van der Waals surface area contributed by atoms with Gasteiger partial charge in [0.25, 0.3) is 5.91 Å². The monoisotopic (exact) mass is 549 g/mol. The van der Waals surface area contributed by atoms with E-state index in [1.165, 1.54) is 16.6 Å². The number of carbonyl (C=O) groups excluding carboxylic acids is 3. The van der Waals surface area contributed by atoms with E-state index < -0.39 is 11.9 Å². The Bertz CT molecular complexity index is 1260. The van der Waals surface area contributed by atoms with Crippen molar-refractivity contribution in [2.75, 3.05) is 11.1 Å². The van der Waals surface area contributed by atoms with Gasteiger partial charge in [-0.3, -0.25) is 9.59 Å². The van der Waals surface area contributed by atoms with Crippen molar-refractivity contribution in [2.45, 2.75) is 71.7 Å². The zero-order chi connectivity index (χ0) is 26.6. The number of nitrogens with one attached hydrogen (secondary N) is 1. The summed E-state index contributed by atoms with van der Waals surface area (Å²) in [7, 11) is 0. The molecule has 0 saturated heterocycles. The molecule has 0 spiro atoms. The van der Waals surface area contributed by atoms with Gasteiger partial charge in [-0.15, -0.1) is 32.9 Å². The van der Waals surface area contributed by atoms with E-state index in [1.54, 1.807) is 32.1 Å². The van der Waals surface area contributed by atoms with E-state index in [-0.39, 0.29) is 33.2 Å². The van der Waals surface area contributed by atoms with Gasteiger partial charge in [-0.25, -0.2) is 4.79 Å². The lowest BCUT2D eigenvalue weighted by atomic mass is 10.1. The van der Waals surface area contributed by atoms with Crippen molar-refractivity contribution in [2.24, 2.45) is 5.73 Å². The van der Waals surface area contributed by atoms with Crippen LogP contribution in [0.15, 0.2) is 16.6 Å². The number of rotatable bonds is 11. The number of aromatic nitrogens is 3. The molecule has 2 amide bonds. The Morgan fingerprint density at radius 1 is 1.22 bits per heavy atom. The van der Waals surface area contributed by atoms with Crippen LogP contribution < -0.4 is 11.1 Å². The van der Waals surface area contributed by atoms with Crippen molar-refractivity contribution in [1.29, 1.82) is 0 Å². The molecule has 0 saturated carbocycles. The minimum atomic E-state index is -0.666. The number of nitrogens with two attached hydrogens (primary N) is 1. The standard InChI is InChI=1S/C24H31N5O4S3/c1-7-8-29-21(15-9-16(12(2)3)34-10-15)27-28-24(29)35-11-17(30)26-22-18(23(32)33-13(4)5)14(6)19(36-22)20(25)31/h9-10,12-13H,7-8,11H2,1-6H3,(H2,25,31)(H,26,30). The average molecular weight is 550 g/mol. The normalized spacial score (nSPS) is 11.3. The molecule has 0 radical (unpaired) electrons. The summed E-state index contributed by atoms with van der Waals surface area (Å²) >= 11 is 3.93. The second-order valence-electron chi connectivity index (χ2n) is 8.77. The molecule has 3 rings (SSSR count). The summed E-state index contributed by atoms with van der Waals surface area (Å²) in [6, 6.07) is 2.14. The molecule has 194 valence electrons. The largest absolute Gasteiger partial charge is 0.459 e. The third kappa shape index (κ3) is 6.34. The molecular formula is C24H31N5O4S3. The number of thiophene rings is 2. The first kappa shape index (κ1) is 27.9. The van der Waals surface area contributed by atoms with E-state index in [0.29, 0.717) is 16.6 Å². The predicted molar refractivity (Wildman–Crippen MR) is 145 cm³/mol. The molecule has 3 aromatic rings. The molecule has 0 aliphatic carbocycles. The molecule has 0 fully saturated rings. The van der Waals surface area contributed by atoms with Crippen molar-refractivity contribution < 1.29 is 19.1 Å². The summed E-state index contributed by atoms with van der Waals surface area (Å²) in [6.07, 6.45) is 0.532. The number of anilines is 1. The lowest BCUT2D eigenvalue weighted by Crippen LogP contribution is -2.18. The van der Waals surface area contributed by atoms with E-state index in [2.05, 4.69) is 47.7 Å². The molecule has 36 heavy (non-hydrogen) atoms. The van der Waals surface area contributed by atoms with E-state index in [4.69, 9.17) is 10.5 Å². The first-order chi connectivity index (χ1) is 17.0. The third-order valence-corrected chi connectivity index (χ3v) is 8.54. The smallest absolute Gasteiger partial charge is 0.341 e. The number of amides is 2. The van der Waals surface area contributed by atoms with Gasteiger partial charge in [0, 0.05) is 22.4 Å². The highest BCUT2D eigenvalue weighted by molar-refractivity contribution is 7.99. The van der Waals surface area contributed by atoms with Gasteiger partial charge in [0.2, 0.25) is 5.91 Å². The van der Waals surface area contributed by atoms with Crippen LogP contribution in [0.25, 0.3) is 11.4 Å². The Labute approximate surface area is 222 Å². The maximum absolute atomic E-state index is 12.8. The zero-order valence-corrected chi connectivity index (χ0v) is 23.7. The second kappa shape index (κ2) is 12.0. The van der Waals surface area contributed by atoms with Gasteiger partial charge in [0.15, 0.2) is 11.0 Å². The quantitative estimate of drug-likeness (QED) is 0.245. The van der Waals surface area contributed by atoms with Gasteiger partial charge >= 0.3 is 5.97 Å². The minimum Gasteiger partial charge on any atom is -0.459 e. The molecule has 3 aromatic heterocycles. The Kier molecular flexibility index (Phi) is 9.31. The van der Waals surface area contributed by atoms with Crippen LogP contribution in [0.3, 0.4) is 0 Å². The number of hydrogen-bond acceptors (Lipinski definition) is 9. The second-order valence-corrected chi connectivity index (χ2v) is 11.7. The molecule has 0 aliphatic rings. The van der Waals surface area contributed by atoms with Crippen LogP contribution in [-0.2, 0) is 16.1 Å². The minimum absolute atomic E-state index is 0.0459. The van der Waals surface area contributed by atoms with E-state index >= 15 is 0 Å². The van der Waals surface area contributed by atoms with Gasteiger partial charge in [0.05, 0.1) is 22.3 Å². The topological polar surface area (TPSA) is 129 Å². The van der Waals surface area contributed by atoms with Crippen molar-refractivity contribution in [3.05, 3.63) is 32.3 Å². The maximum Gasteiger partial charge on any atom is 0.341 e. The summed E-state index contributed by atoms with van der Waals surface area (Å²) in [6.45, 7) is 12.2. The Hall–Kier alpha value is -2.70. The summed E-state index contributed by atoms with van der Waals surface area (Å²) in [5.74, 6) is -0.368. The molecule has 0 bridgehead atoms. The average Bonchev–Trinajstić information content (AvgIpc) is 3.49. The van der Waals surface area contributed by atoms with E-state index in [9.17, 15) is 14.4 Å². The molecule has 0 unspecified atom stereocenters. The first-order valence-electron chi connectivity index (χ1n) is 11.6. The fraction of sp³-hybridized carbons (Fsp3) is 0.458. The highest BCUT2D eigenvalue weighted by Crippen LogP contribution is 2.35. The van der Waals surface area contributed by atoms with Crippen LogP contribution in [0.2, 0.25) is 0 Å². The van der Waals surface area contributed by atoms with Crippen molar-refractivity contribution in [3.63, 3.8) is 0 Å². The number of carbonyl (C=O) groups is 3. The molecule has 0 aromatic carbocycles. The molecule has 0 atom stereocenters. The Morgan fingerprint density at radius 2 is 1.94 bits per heavy atom. The van der Waals surface area contributed by atoms with Crippen molar-refractivity contribution in [3.8, 4) is 11.4 Å². The van der Waals surface area contributed by atoms with Crippen molar-refractivity contribution >= 4 is 57.2 Å². The van der Waals surface area contributed by atoms with Gasteiger partial charge in [-0.2, -0.15) is 0 Å². The highest BCUT2D eigenvalue weighted by atomic mass is 32.2. The van der Waals surface area contributed by atoms with Crippen LogP contribution in [0.1, 0.15) is 77.4 Å². The third-order valence-electron chi connectivity index (χ3n) is 5.11.